The monoisotopic (exact) mass is 393 g/mol. The van der Waals surface area contributed by atoms with Gasteiger partial charge in [0.1, 0.15) is 0 Å². The van der Waals surface area contributed by atoms with Crippen LogP contribution in [-0.4, -0.2) is 33.4 Å². The number of halogens is 3. The van der Waals surface area contributed by atoms with Crippen molar-refractivity contribution in [2.24, 2.45) is 5.92 Å². The van der Waals surface area contributed by atoms with Crippen LogP contribution < -0.4 is 0 Å². The number of fused-ring (bicyclic) bond motifs is 1. The Labute approximate surface area is 158 Å². The molecule has 4 nitrogen and oxygen atoms in total. The standard InChI is InChI=1S/C19H18F3N3OS/c20-19(21,22)18-23-15-3-1-2-4-16(15)25(18)11-13-5-8-24(9-6-13)17(26)14-7-10-27-12-14/h1-4,7,10,12-13H,5-6,8-9,11H2. The molecule has 1 saturated heterocycles. The van der Waals surface area contributed by atoms with Gasteiger partial charge in [0.2, 0.25) is 5.82 Å². The molecule has 1 aliphatic rings. The molecule has 3 heterocycles. The number of amides is 1. The average Bonchev–Trinajstić information content (AvgIpc) is 3.30. The summed E-state index contributed by atoms with van der Waals surface area (Å²) in [6.45, 7) is 1.39. The smallest absolute Gasteiger partial charge is 0.339 e. The number of para-hydroxylation sites is 2. The van der Waals surface area contributed by atoms with Gasteiger partial charge in [-0.3, -0.25) is 4.79 Å². The molecule has 0 bridgehead atoms. The number of thiophene rings is 1. The molecule has 1 aromatic carbocycles. The SMILES string of the molecule is O=C(c1ccsc1)N1CCC(Cn2c(C(F)(F)F)nc3ccccc32)CC1. The van der Waals surface area contributed by atoms with E-state index in [-0.39, 0.29) is 18.4 Å². The predicted octanol–water partition coefficient (Wildman–Crippen LogP) is 4.67. The van der Waals surface area contributed by atoms with Gasteiger partial charge in [-0.05, 0) is 42.3 Å². The van der Waals surface area contributed by atoms with Crippen molar-refractivity contribution in [3.05, 3.63) is 52.5 Å². The highest BCUT2D eigenvalue weighted by atomic mass is 32.1. The van der Waals surface area contributed by atoms with Crippen LogP contribution in [0.1, 0.15) is 29.0 Å². The van der Waals surface area contributed by atoms with E-state index in [2.05, 4.69) is 4.98 Å². The predicted molar refractivity (Wildman–Crippen MR) is 97.7 cm³/mol. The van der Waals surface area contributed by atoms with E-state index < -0.39 is 12.0 Å². The molecule has 8 heteroatoms. The molecular weight excluding hydrogens is 375 g/mol. The second kappa shape index (κ2) is 6.99. The van der Waals surface area contributed by atoms with Gasteiger partial charge in [0.05, 0.1) is 16.6 Å². The van der Waals surface area contributed by atoms with Crippen LogP contribution in [0.25, 0.3) is 11.0 Å². The molecule has 3 aromatic rings. The van der Waals surface area contributed by atoms with E-state index in [0.29, 0.717) is 42.5 Å². The van der Waals surface area contributed by atoms with Crippen molar-refractivity contribution in [2.75, 3.05) is 13.1 Å². The number of carbonyl (C=O) groups is 1. The average molecular weight is 393 g/mol. The zero-order valence-electron chi connectivity index (χ0n) is 14.4. The van der Waals surface area contributed by atoms with E-state index >= 15 is 0 Å². The lowest BCUT2D eigenvalue weighted by atomic mass is 9.96. The second-order valence-corrected chi connectivity index (χ2v) is 7.56. The molecule has 4 rings (SSSR count). The van der Waals surface area contributed by atoms with Gasteiger partial charge in [-0.25, -0.2) is 4.98 Å². The highest BCUT2D eigenvalue weighted by molar-refractivity contribution is 7.08. The Morgan fingerprint density at radius 1 is 1.19 bits per heavy atom. The summed E-state index contributed by atoms with van der Waals surface area (Å²) >= 11 is 1.48. The van der Waals surface area contributed by atoms with Gasteiger partial charge in [-0.2, -0.15) is 24.5 Å². The third kappa shape index (κ3) is 3.58. The maximum Gasteiger partial charge on any atom is 0.449 e. The molecule has 27 heavy (non-hydrogen) atoms. The van der Waals surface area contributed by atoms with Crippen LogP contribution in [0.5, 0.6) is 0 Å². The molecular formula is C19H18F3N3OS. The quantitative estimate of drug-likeness (QED) is 0.649. The van der Waals surface area contributed by atoms with Gasteiger partial charge < -0.3 is 9.47 Å². The van der Waals surface area contributed by atoms with Crippen molar-refractivity contribution in [1.82, 2.24) is 14.5 Å². The molecule has 0 aliphatic carbocycles. The Kier molecular flexibility index (Phi) is 4.67. The van der Waals surface area contributed by atoms with E-state index in [1.165, 1.54) is 15.9 Å². The maximum absolute atomic E-state index is 13.4. The van der Waals surface area contributed by atoms with Gasteiger partial charge >= 0.3 is 6.18 Å². The van der Waals surface area contributed by atoms with Crippen LogP contribution in [0.2, 0.25) is 0 Å². The van der Waals surface area contributed by atoms with Gasteiger partial charge in [0, 0.05) is 25.0 Å². The summed E-state index contributed by atoms with van der Waals surface area (Å²) in [7, 11) is 0. The van der Waals surface area contributed by atoms with Crippen LogP contribution in [0.4, 0.5) is 13.2 Å². The molecule has 0 radical (unpaired) electrons. The van der Waals surface area contributed by atoms with Crippen LogP contribution in [0.15, 0.2) is 41.1 Å². The van der Waals surface area contributed by atoms with Crippen LogP contribution in [0.3, 0.4) is 0 Å². The minimum Gasteiger partial charge on any atom is -0.339 e. The molecule has 0 spiro atoms. The first-order valence-corrected chi connectivity index (χ1v) is 9.71. The Morgan fingerprint density at radius 3 is 2.59 bits per heavy atom. The number of hydrogen-bond donors (Lipinski definition) is 0. The normalized spacial score (nSPS) is 16.2. The number of likely N-dealkylation sites (tertiary alicyclic amines) is 1. The number of piperidine rings is 1. The lowest BCUT2D eigenvalue weighted by Crippen LogP contribution is -2.39. The zero-order chi connectivity index (χ0) is 19.0. The molecule has 1 fully saturated rings. The summed E-state index contributed by atoms with van der Waals surface area (Å²) in [5.74, 6) is -0.769. The van der Waals surface area contributed by atoms with Crippen LogP contribution in [-0.2, 0) is 12.7 Å². The third-order valence-corrected chi connectivity index (χ3v) is 5.70. The number of imidazole rings is 1. The van der Waals surface area contributed by atoms with Crippen molar-refractivity contribution >= 4 is 28.3 Å². The maximum atomic E-state index is 13.4. The fraction of sp³-hybridized carbons (Fsp3) is 0.368. The summed E-state index contributed by atoms with van der Waals surface area (Å²) in [5.41, 5.74) is 1.54. The topological polar surface area (TPSA) is 38.1 Å². The minimum absolute atomic E-state index is 0.00115. The minimum atomic E-state index is -4.49. The molecule has 1 aliphatic heterocycles. The first kappa shape index (κ1) is 18.0. The van der Waals surface area contributed by atoms with Crippen LogP contribution in [0, 0.1) is 5.92 Å². The Morgan fingerprint density at radius 2 is 1.93 bits per heavy atom. The number of alkyl halides is 3. The number of hydrogen-bond acceptors (Lipinski definition) is 3. The van der Waals surface area contributed by atoms with Gasteiger partial charge in [0.15, 0.2) is 0 Å². The molecule has 0 saturated carbocycles. The number of carbonyl (C=O) groups excluding carboxylic acids is 1. The van der Waals surface area contributed by atoms with Gasteiger partial charge in [-0.1, -0.05) is 12.1 Å². The molecule has 0 N–H and O–H groups in total. The van der Waals surface area contributed by atoms with E-state index in [9.17, 15) is 18.0 Å². The van der Waals surface area contributed by atoms with Crippen molar-refractivity contribution < 1.29 is 18.0 Å². The van der Waals surface area contributed by atoms with E-state index in [0.717, 1.165) is 0 Å². The molecule has 1 amide bonds. The van der Waals surface area contributed by atoms with E-state index in [1.54, 1.807) is 35.2 Å². The Hall–Kier alpha value is -2.35. The first-order valence-electron chi connectivity index (χ1n) is 8.77. The van der Waals surface area contributed by atoms with E-state index in [4.69, 9.17) is 0 Å². The van der Waals surface area contributed by atoms with Crippen molar-refractivity contribution in [3.8, 4) is 0 Å². The molecule has 0 atom stereocenters. The number of rotatable bonds is 3. The van der Waals surface area contributed by atoms with E-state index in [1.807, 2.05) is 10.8 Å². The molecule has 142 valence electrons. The summed E-state index contributed by atoms with van der Waals surface area (Å²) in [6.07, 6.45) is -3.13. The Balaban J connectivity index is 1.50. The summed E-state index contributed by atoms with van der Waals surface area (Å²) in [4.78, 5) is 18.0. The highest BCUT2D eigenvalue weighted by Crippen LogP contribution is 2.33. The lowest BCUT2D eigenvalue weighted by molar-refractivity contribution is -0.147. The molecule has 0 unspecified atom stereocenters. The van der Waals surface area contributed by atoms with Crippen molar-refractivity contribution in [3.63, 3.8) is 0 Å². The first-order chi connectivity index (χ1) is 12.9. The summed E-state index contributed by atoms with van der Waals surface area (Å²) in [5, 5.41) is 3.68. The summed E-state index contributed by atoms with van der Waals surface area (Å²) < 4.78 is 41.6. The largest absolute Gasteiger partial charge is 0.449 e. The molecule has 2 aromatic heterocycles. The summed E-state index contributed by atoms with van der Waals surface area (Å²) in [6, 6.07) is 8.49. The third-order valence-electron chi connectivity index (χ3n) is 5.02. The van der Waals surface area contributed by atoms with Crippen molar-refractivity contribution in [2.45, 2.75) is 25.6 Å². The zero-order valence-corrected chi connectivity index (χ0v) is 15.3. The van der Waals surface area contributed by atoms with Crippen molar-refractivity contribution in [1.29, 1.82) is 0 Å². The van der Waals surface area contributed by atoms with Crippen LogP contribution >= 0.6 is 11.3 Å². The number of nitrogens with zero attached hydrogens (tertiary/aromatic N) is 3. The highest BCUT2D eigenvalue weighted by Gasteiger charge is 2.38. The van der Waals surface area contributed by atoms with Gasteiger partial charge in [0.25, 0.3) is 5.91 Å². The fourth-order valence-corrected chi connectivity index (χ4v) is 4.25. The van der Waals surface area contributed by atoms with Gasteiger partial charge in [-0.15, -0.1) is 0 Å². The fourth-order valence-electron chi connectivity index (χ4n) is 3.62. The lowest BCUT2D eigenvalue weighted by Gasteiger charge is -2.32. The second-order valence-electron chi connectivity index (χ2n) is 6.78. The number of benzene rings is 1. The number of aromatic nitrogens is 2. The Bertz CT molecular complexity index is 941.